The minimum atomic E-state index is 0. The largest absolute Gasteiger partial charge is 0.356 e. The maximum Gasteiger partial charge on any atom is 0.253 e. The molecule has 2 aromatic rings. The second-order valence-corrected chi connectivity index (χ2v) is 7.54. The van der Waals surface area contributed by atoms with Crippen molar-refractivity contribution < 1.29 is 4.79 Å². The van der Waals surface area contributed by atoms with Gasteiger partial charge in [0.15, 0.2) is 5.96 Å². The molecule has 2 N–H and O–H groups in total. The smallest absolute Gasteiger partial charge is 0.253 e. The van der Waals surface area contributed by atoms with Crippen molar-refractivity contribution in [2.75, 3.05) is 27.7 Å². The second-order valence-electron chi connectivity index (χ2n) is 6.25. The van der Waals surface area contributed by atoms with E-state index in [2.05, 4.69) is 27.5 Å². The molecule has 148 valence electrons. The molecule has 0 fully saturated rings. The van der Waals surface area contributed by atoms with Gasteiger partial charge in [0.25, 0.3) is 5.91 Å². The summed E-state index contributed by atoms with van der Waals surface area (Å²) in [6, 6.07) is 7.75. The number of carbonyl (C=O) groups excluding carboxylic acids is 1. The van der Waals surface area contributed by atoms with Gasteiger partial charge in [-0.05, 0) is 38.0 Å². The van der Waals surface area contributed by atoms with E-state index in [1.54, 1.807) is 37.4 Å². The van der Waals surface area contributed by atoms with Crippen molar-refractivity contribution in [3.63, 3.8) is 0 Å². The number of guanidine groups is 1. The Morgan fingerprint density at radius 3 is 2.59 bits per heavy atom. The van der Waals surface area contributed by atoms with Crippen LogP contribution in [-0.2, 0) is 13.0 Å². The number of halogens is 1. The topological polar surface area (TPSA) is 69.6 Å². The van der Waals surface area contributed by atoms with Gasteiger partial charge in [0.05, 0.1) is 12.2 Å². The van der Waals surface area contributed by atoms with Crippen molar-refractivity contribution in [2.24, 2.45) is 4.99 Å². The van der Waals surface area contributed by atoms with Crippen LogP contribution < -0.4 is 10.6 Å². The zero-order chi connectivity index (χ0) is 19.1. The Hall–Kier alpha value is -1.68. The molecule has 0 bridgehead atoms. The average Bonchev–Trinajstić information content (AvgIpc) is 2.95. The van der Waals surface area contributed by atoms with Crippen molar-refractivity contribution in [3.8, 4) is 0 Å². The van der Waals surface area contributed by atoms with E-state index in [1.165, 1.54) is 4.88 Å². The van der Waals surface area contributed by atoms with E-state index in [0.29, 0.717) is 12.1 Å². The van der Waals surface area contributed by atoms with E-state index in [1.807, 2.05) is 31.2 Å². The van der Waals surface area contributed by atoms with E-state index in [9.17, 15) is 4.79 Å². The number of amides is 1. The molecule has 1 aromatic heterocycles. The number of aliphatic imine (C=N–C) groups is 1. The van der Waals surface area contributed by atoms with Gasteiger partial charge in [-0.2, -0.15) is 0 Å². The summed E-state index contributed by atoms with van der Waals surface area (Å²) in [6.07, 6.45) is 0.810. The molecule has 2 rings (SSSR count). The molecule has 0 aliphatic rings. The first-order valence-electron chi connectivity index (χ1n) is 8.58. The van der Waals surface area contributed by atoms with Gasteiger partial charge in [-0.3, -0.25) is 9.79 Å². The number of aromatic nitrogens is 1. The average molecular weight is 501 g/mol. The third-order valence-electron chi connectivity index (χ3n) is 3.99. The van der Waals surface area contributed by atoms with Crippen LogP contribution in [0.15, 0.2) is 29.3 Å². The van der Waals surface area contributed by atoms with Crippen molar-refractivity contribution in [1.29, 1.82) is 0 Å². The number of hydrogen-bond donors (Lipinski definition) is 2. The SMILES string of the molecule is CN=C(NCCc1cccc(C(=O)N(C)C)c1)NCc1nc(C)c(C)s1.I. The number of rotatable bonds is 6. The number of carbonyl (C=O) groups is 1. The summed E-state index contributed by atoms with van der Waals surface area (Å²) in [5.41, 5.74) is 2.92. The number of nitrogens with one attached hydrogen (secondary N) is 2. The van der Waals surface area contributed by atoms with Crippen LogP contribution in [0.4, 0.5) is 0 Å². The first kappa shape index (κ1) is 23.4. The molecule has 0 aliphatic carbocycles. The fourth-order valence-electron chi connectivity index (χ4n) is 2.44. The highest BCUT2D eigenvalue weighted by molar-refractivity contribution is 14.0. The molecule has 0 spiro atoms. The molecule has 1 aromatic carbocycles. The summed E-state index contributed by atoms with van der Waals surface area (Å²) in [5.74, 6) is 0.766. The van der Waals surface area contributed by atoms with Crippen LogP contribution in [0.1, 0.15) is 31.5 Å². The Bertz CT molecular complexity index is 769. The lowest BCUT2D eigenvalue weighted by Crippen LogP contribution is -2.37. The van der Waals surface area contributed by atoms with Crippen molar-refractivity contribution in [2.45, 2.75) is 26.8 Å². The van der Waals surface area contributed by atoms with E-state index in [4.69, 9.17) is 0 Å². The summed E-state index contributed by atoms with van der Waals surface area (Å²) in [6.45, 7) is 5.50. The molecular formula is C19H28IN5OS. The summed E-state index contributed by atoms with van der Waals surface area (Å²) >= 11 is 1.70. The Morgan fingerprint density at radius 1 is 1.26 bits per heavy atom. The molecule has 0 unspecified atom stereocenters. The quantitative estimate of drug-likeness (QED) is 0.363. The fraction of sp³-hybridized carbons (Fsp3) is 0.421. The van der Waals surface area contributed by atoms with Crippen LogP contribution in [-0.4, -0.2) is 49.4 Å². The maximum absolute atomic E-state index is 12.0. The lowest BCUT2D eigenvalue weighted by molar-refractivity contribution is 0.0827. The molecule has 0 radical (unpaired) electrons. The highest BCUT2D eigenvalue weighted by atomic mass is 127. The zero-order valence-electron chi connectivity index (χ0n) is 16.5. The van der Waals surface area contributed by atoms with E-state index in [-0.39, 0.29) is 29.9 Å². The summed E-state index contributed by atoms with van der Waals surface area (Å²) in [5, 5.41) is 7.64. The van der Waals surface area contributed by atoms with Gasteiger partial charge in [0, 0.05) is 38.1 Å². The third kappa shape index (κ3) is 7.10. The van der Waals surface area contributed by atoms with Crippen molar-refractivity contribution in [1.82, 2.24) is 20.5 Å². The van der Waals surface area contributed by atoms with Crippen molar-refractivity contribution in [3.05, 3.63) is 51.0 Å². The molecule has 0 saturated carbocycles. The van der Waals surface area contributed by atoms with Crippen LogP contribution in [0.25, 0.3) is 0 Å². The molecule has 27 heavy (non-hydrogen) atoms. The Balaban J connectivity index is 0.00000364. The van der Waals surface area contributed by atoms with E-state index in [0.717, 1.165) is 35.2 Å². The summed E-state index contributed by atoms with van der Waals surface area (Å²) < 4.78 is 0. The fourth-order valence-corrected chi connectivity index (χ4v) is 3.31. The Labute approximate surface area is 182 Å². The minimum Gasteiger partial charge on any atom is -0.356 e. The van der Waals surface area contributed by atoms with Crippen LogP contribution in [0.5, 0.6) is 0 Å². The first-order chi connectivity index (χ1) is 12.4. The standard InChI is InChI=1S/C19H27N5OS.HI/c1-13-14(2)26-17(23-13)12-22-19(20-3)21-10-9-15-7-6-8-16(11-15)18(25)24(4)5;/h6-8,11H,9-10,12H2,1-5H3,(H2,20,21,22);1H. The molecule has 1 heterocycles. The summed E-state index contributed by atoms with van der Waals surface area (Å²) in [7, 11) is 5.28. The molecular weight excluding hydrogens is 473 g/mol. The van der Waals surface area contributed by atoms with E-state index < -0.39 is 0 Å². The van der Waals surface area contributed by atoms with Gasteiger partial charge in [-0.15, -0.1) is 35.3 Å². The lowest BCUT2D eigenvalue weighted by Gasteiger charge is -2.13. The van der Waals surface area contributed by atoms with Gasteiger partial charge < -0.3 is 15.5 Å². The second kappa shape index (κ2) is 11.2. The van der Waals surface area contributed by atoms with Crippen LogP contribution >= 0.6 is 35.3 Å². The van der Waals surface area contributed by atoms with Gasteiger partial charge >= 0.3 is 0 Å². The molecule has 1 amide bonds. The lowest BCUT2D eigenvalue weighted by atomic mass is 10.1. The number of hydrogen-bond acceptors (Lipinski definition) is 4. The predicted octanol–water partition coefficient (Wildman–Crippen LogP) is 2.99. The number of thiazole rings is 1. The summed E-state index contributed by atoms with van der Waals surface area (Å²) in [4.78, 5) is 23.6. The number of nitrogens with zero attached hydrogens (tertiary/aromatic N) is 3. The number of benzene rings is 1. The Morgan fingerprint density at radius 2 is 2.00 bits per heavy atom. The number of aryl methyl sites for hydroxylation is 2. The zero-order valence-corrected chi connectivity index (χ0v) is 19.6. The molecule has 0 atom stereocenters. The van der Waals surface area contributed by atoms with Gasteiger partial charge in [-0.1, -0.05) is 12.1 Å². The predicted molar refractivity (Wildman–Crippen MR) is 123 cm³/mol. The van der Waals surface area contributed by atoms with Crippen LogP contribution in [0.2, 0.25) is 0 Å². The molecule has 0 saturated heterocycles. The Kier molecular flexibility index (Phi) is 9.71. The normalized spacial score (nSPS) is 10.9. The van der Waals surface area contributed by atoms with Gasteiger partial charge in [0.1, 0.15) is 5.01 Å². The minimum absolute atomic E-state index is 0. The van der Waals surface area contributed by atoms with Crippen LogP contribution in [0, 0.1) is 13.8 Å². The highest BCUT2D eigenvalue weighted by Crippen LogP contribution is 2.15. The maximum atomic E-state index is 12.0. The monoisotopic (exact) mass is 501 g/mol. The molecule has 0 aliphatic heterocycles. The van der Waals surface area contributed by atoms with E-state index >= 15 is 0 Å². The first-order valence-corrected chi connectivity index (χ1v) is 9.40. The van der Waals surface area contributed by atoms with Crippen molar-refractivity contribution >= 4 is 47.2 Å². The molecule has 6 nitrogen and oxygen atoms in total. The highest BCUT2D eigenvalue weighted by Gasteiger charge is 2.08. The molecule has 8 heteroatoms. The van der Waals surface area contributed by atoms with Gasteiger partial charge in [0.2, 0.25) is 0 Å². The van der Waals surface area contributed by atoms with Gasteiger partial charge in [-0.25, -0.2) is 4.98 Å². The van der Waals surface area contributed by atoms with Crippen LogP contribution in [0.3, 0.4) is 0 Å². The third-order valence-corrected chi connectivity index (χ3v) is 5.06.